The van der Waals surface area contributed by atoms with E-state index in [2.05, 4.69) is 20.4 Å². The summed E-state index contributed by atoms with van der Waals surface area (Å²) >= 11 is 0. The van der Waals surface area contributed by atoms with E-state index < -0.39 is 5.97 Å². The Labute approximate surface area is 202 Å². The third-order valence-corrected chi connectivity index (χ3v) is 6.00. The van der Waals surface area contributed by atoms with Gasteiger partial charge in [0.15, 0.2) is 5.82 Å². The lowest BCUT2D eigenvalue weighted by Gasteiger charge is -2.10. The molecular formula is C26H25N5O4. The first-order chi connectivity index (χ1) is 17.0. The molecule has 2 aromatic heterocycles. The van der Waals surface area contributed by atoms with E-state index in [0.717, 1.165) is 18.4 Å². The molecule has 0 aliphatic heterocycles. The number of oxazole rings is 1. The quantitative estimate of drug-likeness (QED) is 0.387. The minimum Gasteiger partial charge on any atom is -0.463 e. The molecule has 1 aliphatic carbocycles. The molecule has 0 bridgehead atoms. The van der Waals surface area contributed by atoms with Gasteiger partial charge in [-0.05, 0) is 43.4 Å². The second kappa shape index (κ2) is 9.54. The fraction of sp³-hybridized carbons (Fsp3) is 0.269. The van der Waals surface area contributed by atoms with Gasteiger partial charge in [0.25, 0.3) is 5.91 Å². The van der Waals surface area contributed by atoms with Crippen LogP contribution in [0.25, 0.3) is 22.8 Å². The van der Waals surface area contributed by atoms with Gasteiger partial charge in [0.2, 0.25) is 17.5 Å². The van der Waals surface area contributed by atoms with Gasteiger partial charge in [-0.15, -0.1) is 5.10 Å². The van der Waals surface area contributed by atoms with Gasteiger partial charge in [-0.2, -0.15) is 0 Å². The second-order valence-corrected chi connectivity index (χ2v) is 8.60. The highest BCUT2D eigenvalue weighted by atomic mass is 16.5. The van der Waals surface area contributed by atoms with Crippen molar-refractivity contribution >= 4 is 11.9 Å². The second-order valence-electron chi connectivity index (χ2n) is 8.60. The van der Waals surface area contributed by atoms with Crippen LogP contribution in [0, 0.1) is 5.92 Å². The van der Waals surface area contributed by atoms with Crippen LogP contribution in [-0.4, -0.2) is 44.8 Å². The lowest BCUT2D eigenvalue weighted by atomic mass is 10.1. The Morgan fingerprint density at radius 1 is 1.14 bits per heavy atom. The maximum absolute atomic E-state index is 12.5. The predicted octanol–water partition coefficient (Wildman–Crippen LogP) is 3.96. The van der Waals surface area contributed by atoms with E-state index in [4.69, 9.17) is 9.15 Å². The molecule has 2 aromatic carbocycles. The number of esters is 1. The van der Waals surface area contributed by atoms with Crippen LogP contribution in [0.2, 0.25) is 0 Å². The summed E-state index contributed by atoms with van der Waals surface area (Å²) < 4.78 is 12.2. The smallest absolute Gasteiger partial charge is 0.375 e. The Morgan fingerprint density at radius 3 is 2.66 bits per heavy atom. The van der Waals surface area contributed by atoms with Gasteiger partial charge in [-0.3, -0.25) is 4.79 Å². The van der Waals surface area contributed by atoms with Crippen molar-refractivity contribution in [2.45, 2.75) is 32.4 Å². The number of hydrogen-bond donors (Lipinski definition) is 1. The van der Waals surface area contributed by atoms with Crippen molar-refractivity contribution in [2.75, 3.05) is 7.11 Å². The molecule has 0 radical (unpaired) electrons. The Bertz CT molecular complexity index is 1360. The van der Waals surface area contributed by atoms with Crippen molar-refractivity contribution in [1.82, 2.24) is 25.1 Å². The molecule has 4 aromatic rings. The van der Waals surface area contributed by atoms with Gasteiger partial charge < -0.3 is 14.5 Å². The van der Waals surface area contributed by atoms with E-state index in [1.54, 1.807) is 0 Å². The Kier molecular flexibility index (Phi) is 6.13. The van der Waals surface area contributed by atoms with Gasteiger partial charge in [0.1, 0.15) is 0 Å². The maximum Gasteiger partial charge on any atom is 0.375 e. The van der Waals surface area contributed by atoms with E-state index in [9.17, 15) is 9.59 Å². The summed E-state index contributed by atoms with van der Waals surface area (Å²) in [6, 6.07) is 17.1. The fourth-order valence-electron chi connectivity index (χ4n) is 3.87. The molecular weight excluding hydrogens is 446 g/mol. The summed E-state index contributed by atoms with van der Waals surface area (Å²) in [5.41, 5.74) is 2.31. The van der Waals surface area contributed by atoms with Crippen LogP contribution in [0.15, 0.2) is 65.2 Å². The monoisotopic (exact) mass is 471 g/mol. The molecule has 9 heteroatoms. The molecule has 178 valence electrons. The van der Waals surface area contributed by atoms with Crippen LogP contribution in [0.3, 0.4) is 0 Å². The summed E-state index contributed by atoms with van der Waals surface area (Å²) in [6.45, 7) is 2.37. The highest BCUT2D eigenvalue weighted by Crippen LogP contribution is 2.32. The summed E-state index contributed by atoms with van der Waals surface area (Å²) in [5, 5.41) is 7.52. The van der Waals surface area contributed by atoms with Crippen molar-refractivity contribution in [2.24, 2.45) is 5.92 Å². The fourth-order valence-corrected chi connectivity index (χ4v) is 3.87. The topological polar surface area (TPSA) is 112 Å². The van der Waals surface area contributed by atoms with Gasteiger partial charge in [0.05, 0.1) is 19.9 Å². The molecule has 35 heavy (non-hydrogen) atoms. The molecule has 0 unspecified atom stereocenters. The highest BCUT2D eigenvalue weighted by molar-refractivity contribution is 5.91. The standard InChI is InChI=1S/C26H25N5O4/c1-16(18-11-12-18)28-24(32)21-14-27-25(35-21)20-10-6-9-19(13-20)22-29-23(26(33)34-2)31(30-22)15-17-7-4-3-5-8-17/h3-10,13-14,16,18H,11-12,15H2,1-2H3,(H,28,32)/t16-/m0/s1. The highest BCUT2D eigenvalue weighted by Gasteiger charge is 2.30. The van der Waals surface area contributed by atoms with Gasteiger partial charge in [0, 0.05) is 17.2 Å². The number of ether oxygens (including phenoxy) is 1. The zero-order chi connectivity index (χ0) is 24.4. The number of carbonyl (C=O) groups is 2. The van der Waals surface area contributed by atoms with Crippen LogP contribution in [0.4, 0.5) is 0 Å². The lowest BCUT2D eigenvalue weighted by Crippen LogP contribution is -2.33. The van der Waals surface area contributed by atoms with E-state index in [0.29, 0.717) is 35.3 Å². The average Bonchev–Trinajstić information content (AvgIpc) is 3.47. The number of carbonyl (C=O) groups excluding carboxylic acids is 2. The molecule has 5 rings (SSSR count). The number of benzene rings is 2. The molecule has 0 spiro atoms. The molecule has 2 heterocycles. The van der Waals surface area contributed by atoms with Crippen molar-refractivity contribution < 1.29 is 18.7 Å². The maximum atomic E-state index is 12.5. The van der Waals surface area contributed by atoms with E-state index in [-0.39, 0.29) is 23.5 Å². The molecule has 1 amide bonds. The summed E-state index contributed by atoms with van der Waals surface area (Å²) in [5.74, 6) is 0.650. The number of amides is 1. The van der Waals surface area contributed by atoms with Crippen molar-refractivity contribution in [3.63, 3.8) is 0 Å². The largest absolute Gasteiger partial charge is 0.463 e. The van der Waals surface area contributed by atoms with E-state index >= 15 is 0 Å². The van der Waals surface area contributed by atoms with Crippen LogP contribution < -0.4 is 5.32 Å². The third-order valence-electron chi connectivity index (χ3n) is 6.00. The van der Waals surface area contributed by atoms with E-state index in [1.807, 2.05) is 61.5 Å². The number of nitrogens with zero attached hydrogens (tertiary/aromatic N) is 4. The number of aromatic nitrogens is 4. The van der Waals surface area contributed by atoms with Crippen LogP contribution in [0.1, 0.15) is 46.5 Å². The zero-order valence-corrected chi connectivity index (χ0v) is 19.5. The minimum atomic E-state index is -0.570. The number of rotatable bonds is 8. The number of methoxy groups -OCH3 is 1. The van der Waals surface area contributed by atoms with Gasteiger partial charge in [-0.25, -0.2) is 19.4 Å². The van der Waals surface area contributed by atoms with Gasteiger partial charge >= 0.3 is 5.97 Å². The first-order valence-corrected chi connectivity index (χ1v) is 11.5. The molecule has 1 atom stereocenters. The molecule has 9 nitrogen and oxygen atoms in total. The molecule has 1 fully saturated rings. The number of nitrogens with one attached hydrogen (secondary N) is 1. The molecule has 1 aliphatic rings. The summed E-state index contributed by atoms with van der Waals surface area (Å²) in [4.78, 5) is 33.5. The Morgan fingerprint density at radius 2 is 1.91 bits per heavy atom. The Hall–Kier alpha value is -4.27. The molecule has 1 N–H and O–H groups in total. The lowest BCUT2D eigenvalue weighted by molar-refractivity contribution is 0.0580. The first kappa shape index (κ1) is 22.5. The number of hydrogen-bond acceptors (Lipinski definition) is 7. The van der Waals surface area contributed by atoms with Crippen LogP contribution in [0.5, 0.6) is 0 Å². The van der Waals surface area contributed by atoms with Crippen molar-refractivity contribution in [3.05, 3.63) is 77.9 Å². The first-order valence-electron chi connectivity index (χ1n) is 11.5. The molecule has 0 saturated heterocycles. The average molecular weight is 472 g/mol. The zero-order valence-electron chi connectivity index (χ0n) is 19.5. The normalized spacial score (nSPS) is 13.9. The third kappa shape index (κ3) is 4.98. The van der Waals surface area contributed by atoms with E-state index in [1.165, 1.54) is 18.0 Å². The van der Waals surface area contributed by atoms with Crippen LogP contribution >= 0.6 is 0 Å². The molecule has 1 saturated carbocycles. The van der Waals surface area contributed by atoms with Gasteiger partial charge in [-0.1, -0.05) is 42.5 Å². The van der Waals surface area contributed by atoms with Crippen molar-refractivity contribution in [3.8, 4) is 22.8 Å². The van der Waals surface area contributed by atoms with Crippen LogP contribution in [-0.2, 0) is 11.3 Å². The summed E-state index contributed by atoms with van der Waals surface area (Å²) in [6.07, 6.45) is 3.71. The predicted molar refractivity (Wildman–Crippen MR) is 127 cm³/mol. The van der Waals surface area contributed by atoms with Crippen molar-refractivity contribution in [1.29, 1.82) is 0 Å². The Balaban J connectivity index is 1.40. The summed E-state index contributed by atoms with van der Waals surface area (Å²) in [7, 11) is 1.31. The minimum absolute atomic E-state index is 0.108. The SMILES string of the molecule is COC(=O)c1nc(-c2cccc(-c3ncc(C(=O)N[C@@H](C)C4CC4)o3)c2)nn1Cc1ccccc1.